The molecule has 0 aliphatic carbocycles. The zero-order chi connectivity index (χ0) is 15.9. The first-order valence-electron chi connectivity index (χ1n) is 7.56. The topological polar surface area (TPSA) is 65.1 Å². The molecule has 1 heterocycles. The van der Waals surface area contributed by atoms with Crippen LogP contribution in [-0.4, -0.2) is 55.0 Å². The van der Waals surface area contributed by atoms with Crippen molar-refractivity contribution in [3.8, 4) is 0 Å². The molecule has 122 valence electrons. The molecule has 6 heteroatoms. The molecular formula is C15H27NO5. The molecule has 1 fully saturated rings. The van der Waals surface area contributed by atoms with Gasteiger partial charge < -0.3 is 19.1 Å². The second kappa shape index (κ2) is 8.22. The number of piperidine rings is 1. The van der Waals surface area contributed by atoms with Crippen LogP contribution in [0.4, 0.5) is 4.79 Å². The van der Waals surface area contributed by atoms with Crippen molar-refractivity contribution in [2.75, 3.05) is 26.4 Å². The van der Waals surface area contributed by atoms with Crippen molar-refractivity contribution in [3.05, 3.63) is 0 Å². The third-order valence-electron chi connectivity index (χ3n) is 3.09. The minimum atomic E-state index is -0.509. The van der Waals surface area contributed by atoms with E-state index in [1.165, 1.54) is 0 Å². The van der Waals surface area contributed by atoms with Crippen LogP contribution in [-0.2, 0) is 19.0 Å². The van der Waals surface area contributed by atoms with Crippen LogP contribution in [0.3, 0.4) is 0 Å². The van der Waals surface area contributed by atoms with Crippen LogP contribution in [0.1, 0.15) is 47.0 Å². The van der Waals surface area contributed by atoms with E-state index in [4.69, 9.17) is 14.2 Å². The Labute approximate surface area is 126 Å². The van der Waals surface area contributed by atoms with Crippen molar-refractivity contribution in [3.63, 3.8) is 0 Å². The monoisotopic (exact) mass is 301 g/mol. The molecule has 1 aliphatic heterocycles. The van der Waals surface area contributed by atoms with E-state index in [0.717, 1.165) is 19.3 Å². The standard InChI is InChI=1S/C15H27NO5/c1-5-20-13(17)11-19-10-12-8-6-7-9-16(12)14(18)21-15(2,3)4/h12H,5-11H2,1-4H3. The smallest absolute Gasteiger partial charge is 0.410 e. The fourth-order valence-corrected chi connectivity index (χ4v) is 2.22. The van der Waals surface area contributed by atoms with Crippen molar-refractivity contribution in [2.45, 2.75) is 58.6 Å². The highest BCUT2D eigenvalue weighted by Crippen LogP contribution is 2.20. The van der Waals surface area contributed by atoms with Gasteiger partial charge >= 0.3 is 12.1 Å². The van der Waals surface area contributed by atoms with Gasteiger partial charge in [-0.25, -0.2) is 9.59 Å². The molecule has 0 bridgehead atoms. The lowest BCUT2D eigenvalue weighted by molar-refractivity contribution is -0.149. The van der Waals surface area contributed by atoms with Crippen LogP contribution < -0.4 is 0 Å². The lowest BCUT2D eigenvalue weighted by atomic mass is 10.0. The van der Waals surface area contributed by atoms with Crippen molar-refractivity contribution in [1.82, 2.24) is 4.90 Å². The summed E-state index contributed by atoms with van der Waals surface area (Å²) >= 11 is 0. The average Bonchev–Trinajstić information content (AvgIpc) is 2.37. The number of amides is 1. The predicted molar refractivity (Wildman–Crippen MR) is 78.0 cm³/mol. The molecule has 0 N–H and O–H groups in total. The summed E-state index contributed by atoms with van der Waals surface area (Å²) in [5.74, 6) is -0.378. The third kappa shape index (κ3) is 6.80. The number of esters is 1. The highest BCUT2D eigenvalue weighted by molar-refractivity contribution is 5.70. The number of rotatable bonds is 5. The lowest BCUT2D eigenvalue weighted by Gasteiger charge is -2.36. The molecule has 1 unspecified atom stereocenters. The fourth-order valence-electron chi connectivity index (χ4n) is 2.22. The molecule has 1 rings (SSSR count). The minimum Gasteiger partial charge on any atom is -0.464 e. The average molecular weight is 301 g/mol. The highest BCUT2D eigenvalue weighted by atomic mass is 16.6. The van der Waals surface area contributed by atoms with Gasteiger partial charge in [0, 0.05) is 6.54 Å². The molecular weight excluding hydrogens is 274 g/mol. The lowest BCUT2D eigenvalue weighted by Crippen LogP contribution is -2.48. The van der Waals surface area contributed by atoms with Gasteiger partial charge in [-0.15, -0.1) is 0 Å². The number of carbonyl (C=O) groups excluding carboxylic acids is 2. The van der Waals surface area contributed by atoms with Gasteiger partial charge in [-0.05, 0) is 47.0 Å². The Morgan fingerprint density at radius 3 is 2.57 bits per heavy atom. The summed E-state index contributed by atoms with van der Waals surface area (Å²) < 4.78 is 15.6. The molecule has 6 nitrogen and oxygen atoms in total. The maximum atomic E-state index is 12.2. The highest BCUT2D eigenvalue weighted by Gasteiger charge is 2.30. The molecule has 0 radical (unpaired) electrons. The Morgan fingerprint density at radius 2 is 1.95 bits per heavy atom. The summed E-state index contributed by atoms with van der Waals surface area (Å²) in [6, 6.07) is -0.0389. The minimum absolute atomic E-state index is 0.0389. The SMILES string of the molecule is CCOC(=O)COCC1CCCCN1C(=O)OC(C)(C)C. The van der Waals surface area contributed by atoms with Gasteiger partial charge in [-0.3, -0.25) is 0 Å². The Balaban J connectivity index is 2.45. The Hall–Kier alpha value is -1.30. The van der Waals surface area contributed by atoms with Crippen LogP contribution in [0.25, 0.3) is 0 Å². The van der Waals surface area contributed by atoms with E-state index in [2.05, 4.69) is 0 Å². The maximum absolute atomic E-state index is 12.2. The first-order chi connectivity index (χ1) is 9.83. The second-order valence-corrected chi connectivity index (χ2v) is 6.14. The molecule has 1 amide bonds. The summed E-state index contributed by atoms with van der Waals surface area (Å²) in [6.07, 6.45) is 2.56. The van der Waals surface area contributed by atoms with E-state index in [0.29, 0.717) is 19.8 Å². The van der Waals surface area contributed by atoms with Crippen molar-refractivity contribution in [1.29, 1.82) is 0 Å². The number of hydrogen-bond donors (Lipinski definition) is 0. The summed E-state index contributed by atoms with van der Waals surface area (Å²) in [7, 11) is 0. The number of nitrogens with zero attached hydrogens (tertiary/aromatic N) is 1. The van der Waals surface area contributed by atoms with E-state index in [9.17, 15) is 9.59 Å². The van der Waals surface area contributed by atoms with E-state index >= 15 is 0 Å². The predicted octanol–water partition coefficient (Wildman–Crippen LogP) is 2.36. The Morgan fingerprint density at radius 1 is 1.24 bits per heavy atom. The second-order valence-electron chi connectivity index (χ2n) is 6.14. The maximum Gasteiger partial charge on any atom is 0.410 e. The molecule has 1 saturated heterocycles. The Kier molecular flexibility index (Phi) is 6.95. The fraction of sp³-hybridized carbons (Fsp3) is 0.867. The molecule has 1 atom stereocenters. The molecule has 0 saturated carbocycles. The molecule has 21 heavy (non-hydrogen) atoms. The van der Waals surface area contributed by atoms with Gasteiger partial charge in [0.15, 0.2) is 0 Å². The number of likely N-dealkylation sites (tertiary alicyclic amines) is 1. The summed E-state index contributed by atoms with van der Waals surface area (Å²) in [6.45, 7) is 8.56. The van der Waals surface area contributed by atoms with E-state index in [1.54, 1.807) is 11.8 Å². The van der Waals surface area contributed by atoms with Gasteiger partial charge in [0.05, 0.1) is 19.3 Å². The molecule has 0 spiro atoms. The van der Waals surface area contributed by atoms with Crippen LogP contribution in [0.5, 0.6) is 0 Å². The van der Waals surface area contributed by atoms with Crippen LogP contribution in [0.15, 0.2) is 0 Å². The van der Waals surface area contributed by atoms with Crippen LogP contribution >= 0.6 is 0 Å². The first kappa shape index (κ1) is 17.8. The summed E-state index contributed by atoms with van der Waals surface area (Å²) in [5.41, 5.74) is -0.509. The summed E-state index contributed by atoms with van der Waals surface area (Å²) in [4.78, 5) is 25.1. The van der Waals surface area contributed by atoms with Crippen LogP contribution in [0, 0.1) is 0 Å². The Bertz CT molecular complexity index is 350. The molecule has 0 aromatic rings. The largest absolute Gasteiger partial charge is 0.464 e. The van der Waals surface area contributed by atoms with E-state index in [1.807, 2.05) is 20.8 Å². The van der Waals surface area contributed by atoms with E-state index < -0.39 is 5.60 Å². The zero-order valence-electron chi connectivity index (χ0n) is 13.5. The van der Waals surface area contributed by atoms with Crippen molar-refractivity contribution < 1.29 is 23.8 Å². The van der Waals surface area contributed by atoms with Gasteiger partial charge in [0.25, 0.3) is 0 Å². The molecule has 0 aromatic carbocycles. The first-order valence-corrected chi connectivity index (χ1v) is 7.56. The molecule has 0 aromatic heterocycles. The number of hydrogen-bond acceptors (Lipinski definition) is 5. The third-order valence-corrected chi connectivity index (χ3v) is 3.09. The van der Waals surface area contributed by atoms with Gasteiger partial charge in [0.2, 0.25) is 0 Å². The number of ether oxygens (including phenoxy) is 3. The zero-order valence-corrected chi connectivity index (χ0v) is 13.5. The van der Waals surface area contributed by atoms with Gasteiger partial charge in [-0.1, -0.05) is 0 Å². The van der Waals surface area contributed by atoms with E-state index in [-0.39, 0.29) is 24.7 Å². The van der Waals surface area contributed by atoms with Crippen molar-refractivity contribution in [2.24, 2.45) is 0 Å². The quantitative estimate of drug-likeness (QED) is 0.729. The van der Waals surface area contributed by atoms with Crippen LogP contribution in [0.2, 0.25) is 0 Å². The summed E-state index contributed by atoms with van der Waals surface area (Å²) in [5, 5.41) is 0. The normalized spacial score (nSPS) is 19.2. The number of carbonyl (C=O) groups is 2. The van der Waals surface area contributed by atoms with Gasteiger partial charge in [-0.2, -0.15) is 0 Å². The van der Waals surface area contributed by atoms with Crippen molar-refractivity contribution >= 4 is 12.1 Å². The van der Waals surface area contributed by atoms with Gasteiger partial charge in [0.1, 0.15) is 12.2 Å². The molecule has 1 aliphatic rings.